The van der Waals surface area contributed by atoms with Gasteiger partial charge in [0.05, 0.1) is 0 Å². The number of carboxylic acids is 1. The number of likely N-dealkylation sites (tertiary alicyclic amines) is 1. The normalized spacial score (nSPS) is 28.8. The molecule has 2 fully saturated rings. The van der Waals surface area contributed by atoms with E-state index in [2.05, 4.69) is 12.1 Å². The topological polar surface area (TPSA) is 66.8 Å². The van der Waals surface area contributed by atoms with Crippen molar-refractivity contribution in [3.05, 3.63) is 35.9 Å². The second-order valence-electron chi connectivity index (χ2n) is 5.71. The molecule has 3 rings (SSSR count). The smallest absolute Gasteiger partial charge is 0.332 e. The lowest BCUT2D eigenvalue weighted by Gasteiger charge is -2.20. The maximum atomic E-state index is 12.4. The van der Waals surface area contributed by atoms with Crippen LogP contribution in [0.1, 0.15) is 30.7 Å². The van der Waals surface area contributed by atoms with Gasteiger partial charge in [-0.25, -0.2) is 4.79 Å². The van der Waals surface area contributed by atoms with Gasteiger partial charge >= 0.3 is 5.97 Å². The predicted octanol–water partition coefficient (Wildman–Crippen LogP) is 1.63. The standard InChI is InChI=1S/C16H19NO4/c18-15(13-6-7-14(21-13)16(19)20)17-9-8-12(10-17)11-4-2-1-3-5-11/h1-5,12-14H,6-10H2,(H,19,20). The highest BCUT2D eigenvalue weighted by molar-refractivity contribution is 5.83. The van der Waals surface area contributed by atoms with Gasteiger partial charge in [-0.1, -0.05) is 30.3 Å². The first-order valence-corrected chi connectivity index (χ1v) is 7.37. The van der Waals surface area contributed by atoms with Gasteiger partial charge in [-0.05, 0) is 24.8 Å². The number of nitrogens with zero attached hydrogens (tertiary/aromatic N) is 1. The zero-order valence-electron chi connectivity index (χ0n) is 11.8. The van der Waals surface area contributed by atoms with Crippen molar-refractivity contribution in [2.24, 2.45) is 0 Å². The molecule has 2 aliphatic heterocycles. The minimum atomic E-state index is -0.978. The van der Waals surface area contributed by atoms with Crippen LogP contribution < -0.4 is 0 Å². The molecule has 1 amide bonds. The van der Waals surface area contributed by atoms with Gasteiger partial charge in [0.15, 0.2) is 6.10 Å². The Morgan fingerprint density at radius 1 is 1.10 bits per heavy atom. The van der Waals surface area contributed by atoms with Crippen molar-refractivity contribution in [2.45, 2.75) is 37.4 Å². The highest BCUT2D eigenvalue weighted by Gasteiger charge is 2.38. The van der Waals surface area contributed by atoms with Gasteiger partial charge in [-0.15, -0.1) is 0 Å². The molecule has 5 heteroatoms. The third-order valence-electron chi connectivity index (χ3n) is 4.34. The number of aliphatic carboxylic acids is 1. The molecule has 0 aliphatic carbocycles. The first-order valence-electron chi connectivity index (χ1n) is 7.37. The molecule has 0 saturated carbocycles. The number of amides is 1. The average molecular weight is 289 g/mol. The Morgan fingerprint density at radius 3 is 2.48 bits per heavy atom. The number of ether oxygens (including phenoxy) is 1. The van der Waals surface area contributed by atoms with Crippen molar-refractivity contribution >= 4 is 11.9 Å². The van der Waals surface area contributed by atoms with Gasteiger partial charge in [0, 0.05) is 19.0 Å². The Kier molecular flexibility index (Phi) is 3.92. The summed E-state index contributed by atoms with van der Waals surface area (Å²) in [7, 11) is 0. The number of hydrogen-bond acceptors (Lipinski definition) is 3. The summed E-state index contributed by atoms with van der Waals surface area (Å²) in [6, 6.07) is 10.2. The lowest BCUT2D eigenvalue weighted by molar-refractivity contribution is -0.154. The van der Waals surface area contributed by atoms with Crippen molar-refractivity contribution < 1.29 is 19.4 Å². The van der Waals surface area contributed by atoms with Gasteiger partial charge in [-0.2, -0.15) is 0 Å². The molecule has 0 bridgehead atoms. The fourth-order valence-electron chi connectivity index (χ4n) is 3.16. The molecule has 3 atom stereocenters. The van der Waals surface area contributed by atoms with E-state index in [1.54, 1.807) is 0 Å². The first-order chi connectivity index (χ1) is 10.1. The fraction of sp³-hybridized carbons (Fsp3) is 0.500. The molecule has 1 N–H and O–H groups in total. The highest BCUT2D eigenvalue weighted by atomic mass is 16.5. The second kappa shape index (κ2) is 5.85. The number of hydrogen-bond donors (Lipinski definition) is 1. The molecule has 0 spiro atoms. The van der Waals surface area contributed by atoms with E-state index in [-0.39, 0.29) is 5.91 Å². The summed E-state index contributed by atoms with van der Waals surface area (Å²) in [4.78, 5) is 25.1. The molecular formula is C16H19NO4. The van der Waals surface area contributed by atoms with Crippen LogP contribution in [0.15, 0.2) is 30.3 Å². The van der Waals surface area contributed by atoms with Crippen molar-refractivity contribution in [3.8, 4) is 0 Å². The number of benzene rings is 1. The molecule has 1 aromatic carbocycles. The number of carbonyl (C=O) groups excluding carboxylic acids is 1. The minimum Gasteiger partial charge on any atom is -0.479 e. The molecule has 2 heterocycles. The number of carbonyl (C=O) groups is 2. The van der Waals surface area contributed by atoms with Gasteiger partial charge in [0.1, 0.15) is 6.10 Å². The van der Waals surface area contributed by atoms with Crippen LogP contribution in [0.2, 0.25) is 0 Å². The molecule has 21 heavy (non-hydrogen) atoms. The number of carboxylic acid groups (broad SMARTS) is 1. The lowest BCUT2D eigenvalue weighted by Crippen LogP contribution is -2.38. The van der Waals surface area contributed by atoms with Crippen LogP contribution in [0.4, 0.5) is 0 Å². The molecule has 1 aromatic rings. The highest BCUT2D eigenvalue weighted by Crippen LogP contribution is 2.29. The van der Waals surface area contributed by atoms with Crippen molar-refractivity contribution in [3.63, 3.8) is 0 Å². The van der Waals surface area contributed by atoms with Gasteiger partial charge in [0.25, 0.3) is 5.91 Å². The van der Waals surface area contributed by atoms with E-state index in [1.807, 2.05) is 23.1 Å². The molecule has 0 radical (unpaired) electrons. The van der Waals surface area contributed by atoms with E-state index < -0.39 is 18.2 Å². The summed E-state index contributed by atoms with van der Waals surface area (Å²) in [5.74, 6) is -0.669. The van der Waals surface area contributed by atoms with Crippen LogP contribution in [0.3, 0.4) is 0 Å². The van der Waals surface area contributed by atoms with Crippen LogP contribution in [0, 0.1) is 0 Å². The Morgan fingerprint density at radius 2 is 1.81 bits per heavy atom. The third kappa shape index (κ3) is 2.93. The maximum Gasteiger partial charge on any atom is 0.332 e. The number of rotatable bonds is 3. The summed E-state index contributed by atoms with van der Waals surface area (Å²) in [5.41, 5.74) is 1.25. The largest absolute Gasteiger partial charge is 0.479 e. The first kappa shape index (κ1) is 14.1. The van der Waals surface area contributed by atoms with Gasteiger partial charge in [0.2, 0.25) is 0 Å². The molecule has 3 unspecified atom stereocenters. The predicted molar refractivity (Wildman–Crippen MR) is 75.9 cm³/mol. The van der Waals surface area contributed by atoms with Crippen LogP contribution in [-0.2, 0) is 14.3 Å². The summed E-state index contributed by atoms with van der Waals surface area (Å²) in [5, 5.41) is 8.92. The summed E-state index contributed by atoms with van der Waals surface area (Å²) >= 11 is 0. The van der Waals surface area contributed by atoms with E-state index in [9.17, 15) is 9.59 Å². The van der Waals surface area contributed by atoms with Crippen LogP contribution in [-0.4, -0.2) is 47.2 Å². The molecule has 2 aliphatic rings. The molecule has 0 aromatic heterocycles. The average Bonchev–Trinajstić information content (AvgIpc) is 3.17. The minimum absolute atomic E-state index is 0.0582. The fourth-order valence-corrected chi connectivity index (χ4v) is 3.16. The van der Waals surface area contributed by atoms with Crippen LogP contribution >= 0.6 is 0 Å². The van der Waals surface area contributed by atoms with Crippen molar-refractivity contribution in [1.29, 1.82) is 0 Å². The van der Waals surface area contributed by atoms with Crippen molar-refractivity contribution in [1.82, 2.24) is 4.90 Å². The van der Waals surface area contributed by atoms with Crippen LogP contribution in [0.5, 0.6) is 0 Å². The molecule has 5 nitrogen and oxygen atoms in total. The third-order valence-corrected chi connectivity index (χ3v) is 4.34. The summed E-state index contributed by atoms with van der Waals surface area (Å²) in [6.45, 7) is 1.41. The zero-order valence-corrected chi connectivity index (χ0v) is 11.8. The zero-order chi connectivity index (χ0) is 14.8. The molecule has 2 saturated heterocycles. The Hall–Kier alpha value is -1.88. The second-order valence-corrected chi connectivity index (χ2v) is 5.71. The van der Waals surface area contributed by atoms with E-state index in [4.69, 9.17) is 9.84 Å². The van der Waals surface area contributed by atoms with E-state index in [0.717, 1.165) is 13.0 Å². The van der Waals surface area contributed by atoms with Gasteiger partial charge < -0.3 is 14.7 Å². The monoisotopic (exact) mass is 289 g/mol. The Labute approximate surface area is 123 Å². The Bertz CT molecular complexity index is 530. The summed E-state index contributed by atoms with van der Waals surface area (Å²) < 4.78 is 5.35. The SMILES string of the molecule is O=C(O)C1CCC(C(=O)N2CCC(c3ccccc3)C2)O1. The van der Waals surface area contributed by atoms with Crippen LogP contribution in [0.25, 0.3) is 0 Å². The van der Waals surface area contributed by atoms with E-state index in [0.29, 0.717) is 25.3 Å². The summed E-state index contributed by atoms with van der Waals surface area (Å²) in [6.07, 6.45) is 0.460. The maximum absolute atomic E-state index is 12.4. The lowest BCUT2D eigenvalue weighted by atomic mass is 9.99. The van der Waals surface area contributed by atoms with Gasteiger partial charge in [-0.3, -0.25) is 4.79 Å². The van der Waals surface area contributed by atoms with E-state index >= 15 is 0 Å². The van der Waals surface area contributed by atoms with E-state index in [1.165, 1.54) is 5.56 Å². The Balaban J connectivity index is 1.59. The molecular weight excluding hydrogens is 270 g/mol. The van der Waals surface area contributed by atoms with Crippen molar-refractivity contribution in [2.75, 3.05) is 13.1 Å². The quantitative estimate of drug-likeness (QED) is 0.918. The molecule has 112 valence electrons.